The smallest absolute Gasteiger partial charge is 0.320 e. The van der Waals surface area contributed by atoms with Crippen LogP contribution in [-0.4, -0.2) is 85.2 Å². The molecule has 3 rings (SSSR count). The van der Waals surface area contributed by atoms with E-state index in [0.717, 1.165) is 77.7 Å². The van der Waals surface area contributed by atoms with Gasteiger partial charge in [0.25, 0.3) is 0 Å². The zero-order chi connectivity index (χ0) is 18.4. The number of nitrogens with two attached hydrogens (primary N) is 1. The summed E-state index contributed by atoms with van der Waals surface area (Å²) in [4.78, 5) is 31.4. The molecule has 26 heavy (non-hydrogen) atoms. The summed E-state index contributed by atoms with van der Waals surface area (Å²) in [5.74, 6) is 0.189. The second-order valence-corrected chi connectivity index (χ2v) is 7.80. The molecule has 3 amide bonds. The Morgan fingerprint density at radius 2 is 1.58 bits per heavy atom. The van der Waals surface area contributed by atoms with E-state index in [2.05, 4.69) is 0 Å². The topological polar surface area (TPSA) is 79.1 Å². The summed E-state index contributed by atoms with van der Waals surface area (Å²) < 4.78 is 5.83. The number of urea groups is 1. The molecule has 0 saturated carbocycles. The van der Waals surface area contributed by atoms with Gasteiger partial charge >= 0.3 is 6.03 Å². The van der Waals surface area contributed by atoms with E-state index >= 15 is 0 Å². The van der Waals surface area contributed by atoms with Gasteiger partial charge in [0.05, 0.1) is 12.0 Å². The van der Waals surface area contributed by atoms with Gasteiger partial charge in [-0.1, -0.05) is 0 Å². The highest BCUT2D eigenvalue weighted by Gasteiger charge is 2.34. The van der Waals surface area contributed by atoms with Crippen molar-refractivity contribution in [3.05, 3.63) is 0 Å². The van der Waals surface area contributed by atoms with Crippen LogP contribution < -0.4 is 5.73 Å². The number of piperidine rings is 2. The van der Waals surface area contributed by atoms with Gasteiger partial charge in [-0.15, -0.1) is 0 Å². The Hall–Kier alpha value is -1.34. The Morgan fingerprint density at radius 1 is 0.885 bits per heavy atom. The summed E-state index contributed by atoms with van der Waals surface area (Å²) in [5.41, 5.74) is 5.50. The molecule has 3 aliphatic rings. The minimum atomic E-state index is -0.0370. The summed E-state index contributed by atoms with van der Waals surface area (Å²) in [6, 6.07) is 0.131. The Morgan fingerprint density at radius 3 is 2.27 bits per heavy atom. The molecular formula is C19H34N4O3. The first-order chi connectivity index (χ1) is 12.7. The van der Waals surface area contributed by atoms with Crippen molar-refractivity contribution in [3.8, 4) is 0 Å². The van der Waals surface area contributed by atoms with Gasteiger partial charge in [0.1, 0.15) is 0 Å². The predicted octanol–water partition coefficient (Wildman–Crippen LogP) is 1.27. The number of nitrogens with zero attached hydrogens (tertiary/aromatic N) is 3. The van der Waals surface area contributed by atoms with Crippen LogP contribution in [0.1, 0.15) is 44.9 Å². The van der Waals surface area contributed by atoms with Gasteiger partial charge in [-0.25, -0.2) is 4.79 Å². The minimum Gasteiger partial charge on any atom is -0.378 e. The molecule has 3 fully saturated rings. The van der Waals surface area contributed by atoms with E-state index in [9.17, 15) is 9.59 Å². The minimum absolute atomic E-state index is 0.0370. The van der Waals surface area contributed by atoms with Crippen LogP contribution in [0, 0.1) is 5.92 Å². The van der Waals surface area contributed by atoms with Crippen molar-refractivity contribution in [3.63, 3.8) is 0 Å². The lowest BCUT2D eigenvalue weighted by atomic mass is 9.95. The van der Waals surface area contributed by atoms with Crippen molar-refractivity contribution in [2.45, 2.75) is 51.0 Å². The van der Waals surface area contributed by atoms with Crippen LogP contribution in [0.25, 0.3) is 0 Å². The van der Waals surface area contributed by atoms with E-state index < -0.39 is 0 Å². The fourth-order valence-electron chi connectivity index (χ4n) is 4.30. The van der Waals surface area contributed by atoms with Gasteiger partial charge in [0.15, 0.2) is 0 Å². The maximum Gasteiger partial charge on any atom is 0.320 e. The van der Waals surface area contributed by atoms with Gasteiger partial charge in [-0.2, -0.15) is 0 Å². The van der Waals surface area contributed by atoms with Crippen LogP contribution in [0.4, 0.5) is 4.79 Å². The van der Waals surface area contributed by atoms with Gasteiger partial charge < -0.3 is 25.2 Å². The van der Waals surface area contributed by atoms with Crippen molar-refractivity contribution in [1.29, 1.82) is 0 Å². The molecule has 0 bridgehead atoms. The van der Waals surface area contributed by atoms with Crippen molar-refractivity contribution < 1.29 is 14.3 Å². The third-order valence-corrected chi connectivity index (χ3v) is 5.87. The largest absolute Gasteiger partial charge is 0.378 e. The number of carbonyl (C=O) groups is 2. The number of hydrogen-bond acceptors (Lipinski definition) is 4. The summed E-state index contributed by atoms with van der Waals surface area (Å²) in [6.07, 6.45) is 6.98. The number of amides is 3. The number of carbonyl (C=O) groups excluding carboxylic acids is 2. The first kappa shape index (κ1) is 19.4. The summed E-state index contributed by atoms with van der Waals surface area (Å²) in [5, 5.41) is 0. The highest BCUT2D eigenvalue weighted by atomic mass is 16.5. The van der Waals surface area contributed by atoms with Crippen LogP contribution >= 0.6 is 0 Å². The number of hydrogen-bond donors (Lipinski definition) is 1. The van der Waals surface area contributed by atoms with E-state index in [-0.39, 0.29) is 24.0 Å². The normalized spacial score (nSPS) is 25.0. The zero-order valence-corrected chi connectivity index (χ0v) is 15.9. The molecule has 0 aromatic heterocycles. The van der Waals surface area contributed by atoms with Gasteiger partial charge in [-0.05, 0) is 51.5 Å². The third kappa shape index (κ3) is 4.88. The molecule has 3 heterocycles. The van der Waals surface area contributed by atoms with E-state index in [4.69, 9.17) is 10.5 Å². The Kier molecular flexibility index (Phi) is 7.14. The monoisotopic (exact) mass is 366 g/mol. The maximum atomic E-state index is 12.9. The third-order valence-electron chi connectivity index (χ3n) is 5.87. The molecular weight excluding hydrogens is 332 g/mol. The van der Waals surface area contributed by atoms with Crippen LogP contribution in [0.15, 0.2) is 0 Å². The van der Waals surface area contributed by atoms with E-state index in [1.54, 1.807) is 0 Å². The standard InChI is InChI=1S/C19H34N4O3/c20-8-4-14-26-17-6-12-21(13-7-17)18(24)16-5-3-11-23(15-16)19(25)22-9-1-2-10-22/h16-17H,1-15,20H2. The molecule has 3 aliphatic heterocycles. The van der Waals surface area contributed by atoms with Crippen LogP contribution in [-0.2, 0) is 9.53 Å². The van der Waals surface area contributed by atoms with Crippen molar-refractivity contribution in [1.82, 2.24) is 14.7 Å². The van der Waals surface area contributed by atoms with Crippen LogP contribution in [0.5, 0.6) is 0 Å². The summed E-state index contributed by atoms with van der Waals surface area (Å²) in [7, 11) is 0. The molecule has 0 aromatic rings. The van der Waals surface area contributed by atoms with Crippen LogP contribution in [0.3, 0.4) is 0 Å². The number of likely N-dealkylation sites (tertiary alicyclic amines) is 3. The molecule has 0 aliphatic carbocycles. The molecule has 148 valence electrons. The molecule has 7 nitrogen and oxygen atoms in total. The Bertz CT molecular complexity index is 473. The molecule has 0 spiro atoms. The van der Waals surface area contributed by atoms with Crippen molar-refractivity contribution in [2.24, 2.45) is 11.7 Å². The predicted molar refractivity (Wildman–Crippen MR) is 99.7 cm³/mol. The first-order valence-corrected chi connectivity index (χ1v) is 10.3. The first-order valence-electron chi connectivity index (χ1n) is 10.3. The number of rotatable bonds is 5. The van der Waals surface area contributed by atoms with Crippen molar-refractivity contribution >= 4 is 11.9 Å². The highest BCUT2D eigenvalue weighted by Crippen LogP contribution is 2.23. The second-order valence-electron chi connectivity index (χ2n) is 7.80. The van der Waals surface area contributed by atoms with Gasteiger partial charge in [0, 0.05) is 45.9 Å². The maximum absolute atomic E-state index is 12.9. The summed E-state index contributed by atoms with van der Waals surface area (Å²) in [6.45, 7) is 6.01. The molecule has 1 unspecified atom stereocenters. The Balaban J connectivity index is 1.45. The van der Waals surface area contributed by atoms with Gasteiger partial charge in [-0.3, -0.25) is 4.79 Å². The summed E-state index contributed by atoms with van der Waals surface area (Å²) >= 11 is 0. The lowest BCUT2D eigenvalue weighted by molar-refractivity contribution is -0.139. The van der Waals surface area contributed by atoms with E-state index in [0.29, 0.717) is 19.7 Å². The Labute approximate surface area is 156 Å². The molecule has 3 saturated heterocycles. The van der Waals surface area contributed by atoms with E-state index in [1.165, 1.54) is 0 Å². The van der Waals surface area contributed by atoms with E-state index in [1.807, 2.05) is 14.7 Å². The fourth-order valence-corrected chi connectivity index (χ4v) is 4.30. The zero-order valence-electron chi connectivity index (χ0n) is 15.9. The average Bonchev–Trinajstić information content (AvgIpc) is 3.22. The SMILES string of the molecule is NCCCOC1CCN(C(=O)C2CCCN(C(=O)N3CCCC3)C2)CC1. The molecule has 1 atom stereocenters. The van der Waals surface area contributed by atoms with Gasteiger partial charge in [0.2, 0.25) is 5.91 Å². The quantitative estimate of drug-likeness (QED) is 0.743. The lowest BCUT2D eigenvalue weighted by Crippen LogP contribution is -2.51. The molecule has 2 N–H and O–H groups in total. The fraction of sp³-hybridized carbons (Fsp3) is 0.895. The number of ether oxygens (including phenoxy) is 1. The second kappa shape index (κ2) is 9.55. The molecule has 7 heteroatoms. The average molecular weight is 367 g/mol. The molecule has 0 aromatic carbocycles. The molecule has 0 radical (unpaired) electrons. The highest BCUT2D eigenvalue weighted by molar-refractivity contribution is 5.81. The van der Waals surface area contributed by atoms with Crippen LogP contribution in [0.2, 0.25) is 0 Å². The lowest BCUT2D eigenvalue weighted by Gasteiger charge is -2.38. The van der Waals surface area contributed by atoms with Crippen molar-refractivity contribution in [2.75, 3.05) is 52.4 Å².